The van der Waals surface area contributed by atoms with Crippen LogP contribution in [-0.2, 0) is 16.1 Å². The van der Waals surface area contributed by atoms with Crippen molar-refractivity contribution in [1.29, 1.82) is 0 Å². The Morgan fingerprint density at radius 1 is 1.26 bits per heavy atom. The van der Waals surface area contributed by atoms with Gasteiger partial charge in [-0.3, -0.25) is 14.4 Å². The molecular formula is C28H30FIN2O7. The van der Waals surface area contributed by atoms with Crippen molar-refractivity contribution in [3.8, 4) is 11.5 Å². The van der Waals surface area contributed by atoms with E-state index in [-0.39, 0.29) is 60.6 Å². The van der Waals surface area contributed by atoms with Crippen molar-refractivity contribution in [2.45, 2.75) is 44.1 Å². The first-order chi connectivity index (χ1) is 18.8. The zero-order valence-corrected chi connectivity index (χ0v) is 23.5. The molecule has 1 saturated carbocycles. The minimum Gasteiger partial charge on any atom is -0.493 e. The van der Waals surface area contributed by atoms with E-state index < -0.39 is 30.0 Å². The van der Waals surface area contributed by atoms with Gasteiger partial charge in [0.05, 0.1) is 23.3 Å². The molecule has 2 aliphatic carbocycles. The minimum atomic E-state index is -1.28. The molecule has 2 aromatic carbocycles. The van der Waals surface area contributed by atoms with Gasteiger partial charge in [0.15, 0.2) is 11.5 Å². The van der Waals surface area contributed by atoms with Gasteiger partial charge in [-0.2, -0.15) is 0 Å². The number of carbonyl (C=O) groups is 3. The first kappa shape index (κ1) is 29.0. The van der Waals surface area contributed by atoms with Crippen LogP contribution in [-0.4, -0.2) is 71.7 Å². The molecule has 3 atom stereocenters. The Hall–Kier alpha value is -3.03. The third kappa shape index (κ3) is 6.76. The fourth-order valence-corrected chi connectivity index (χ4v) is 5.32. The van der Waals surface area contributed by atoms with Crippen molar-refractivity contribution in [1.82, 2.24) is 10.2 Å². The number of methoxy groups -OCH3 is 1. The molecule has 2 aromatic rings. The van der Waals surface area contributed by atoms with E-state index in [0.29, 0.717) is 28.3 Å². The van der Waals surface area contributed by atoms with Gasteiger partial charge in [-0.25, -0.2) is 4.39 Å². The van der Waals surface area contributed by atoms with E-state index >= 15 is 0 Å². The Morgan fingerprint density at radius 3 is 2.64 bits per heavy atom. The van der Waals surface area contributed by atoms with E-state index in [1.807, 2.05) is 22.6 Å². The molecule has 11 heteroatoms. The molecule has 0 aromatic heterocycles. The molecule has 0 radical (unpaired) electrons. The summed E-state index contributed by atoms with van der Waals surface area (Å²) in [7, 11) is 1.42. The molecule has 208 valence electrons. The number of nitrogens with zero attached hydrogens (tertiary/aromatic N) is 1. The number of aliphatic hydroxyl groups is 2. The Morgan fingerprint density at radius 2 is 2.00 bits per heavy atom. The zero-order valence-electron chi connectivity index (χ0n) is 21.3. The van der Waals surface area contributed by atoms with Crippen LogP contribution in [0.2, 0.25) is 0 Å². The van der Waals surface area contributed by atoms with Gasteiger partial charge >= 0.3 is 0 Å². The first-order valence-electron chi connectivity index (χ1n) is 12.6. The summed E-state index contributed by atoms with van der Waals surface area (Å²) in [5.74, 6) is -0.880. The molecule has 0 heterocycles. The summed E-state index contributed by atoms with van der Waals surface area (Å²) in [6, 6.07) is 8.31. The molecule has 0 saturated heterocycles. The van der Waals surface area contributed by atoms with Crippen molar-refractivity contribution in [2.24, 2.45) is 5.92 Å². The number of hydrogen-bond acceptors (Lipinski definition) is 7. The molecule has 3 N–H and O–H groups in total. The fraction of sp³-hybridized carbons (Fsp3) is 0.393. The van der Waals surface area contributed by atoms with E-state index in [1.54, 1.807) is 24.3 Å². The number of amides is 2. The molecule has 39 heavy (non-hydrogen) atoms. The SMILES string of the molecule is COc1cc(C=O)cc(I)c1OC1C=C(C(=O)NCCO)CC(N(Cc2ccccc2F)C(=O)C2CC2)C1O. The standard InChI is InChI=1S/C28H30FIN2O7/c1-38-24-11-16(15-34)10-21(30)26(24)39-23-13-19(27(36)31-8-9-33)12-22(25(23)35)32(28(37)17-6-7-17)14-18-4-2-3-5-20(18)29/h2-5,10-11,13,15,17,22-23,25,33,35H,6-9,12,14H2,1H3,(H,31,36). The van der Waals surface area contributed by atoms with Crippen LogP contribution in [0, 0.1) is 15.3 Å². The molecular weight excluding hydrogens is 622 g/mol. The molecule has 0 spiro atoms. The Labute approximate surface area is 239 Å². The summed E-state index contributed by atoms with van der Waals surface area (Å²) >= 11 is 1.98. The lowest BCUT2D eigenvalue weighted by Gasteiger charge is -2.41. The zero-order chi connectivity index (χ0) is 28.1. The van der Waals surface area contributed by atoms with Gasteiger partial charge in [-0.05, 0) is 59.7 Å². The number of carbonyl (C=O) groups excluding carboxylic acids is 3. The van der Waals surface area contributed by atoms with Gasteiger partial charge in [0.2, 0.25) is 11.8 Å². The van der Waals surface area contributed by atoms with Crippen molar-refractivity contribution in [3.63, 3.8) is 0 Å². The third-order valence-corrected chi connectivity index (χ3v) is 7.57. The van der Waals surface area contributed by atoms with E-state index in [1.165, 1.54) is 30.2 Å². The van der Waals surface area contributed by atoms with E-state index in [9.17, 15) is 29.0 Å². The molecule has 2 amide bonds. The number of nitrogens with one attached hydrogen (secondary N) is 1. The summed E-state index contributed by atoms with van der Waals surface area (Å²) in [6.45, 7) is -0.326. The second-order valence-electron chi connectivity index (χ2n) is 9.50. The summed E-state index contributed by atoms with van der Waals surface area (Å²) in [4.78, 5) is 39.2. The molecule has 2 aliphatic rings. The first-order valence-corrected chi connectivity index (χ1v) is 13.7. The molecule has 1 fully saturated rings. The van der Waals surface area contributed by atoms with Crippen LogP contribution in [0.1, 0.15) is 35.2 Å². The lowest BCUT2D eigenvalue weighted by atomic mass is 9.87. The summed E-state index contributed by atoms with van der Waals surface area (Å²) in [5.41, 5.74) is 0.915. The highest BCUT2D eigenvalue weighted by Crippen LogP contribution is 2.38. The highest BCUT2D eigenvalue weighted by Gasteiger charge is 2.44. The number of rotatable bonds is 11. The topological polar surface area (TPSA) is 125 Å². The molecule has 0 bridgehead atoms. The molecule has 0 aliphatic heterocycles. The second-order valence-corrected chi connectivity index (χ2v) is 10.7. The maximum atomic E-state index is 14.6. The lowest BCUT2D eigenvalue weighted by molar-refractivity contribution is -0.140. The number of halogens is 2. The molecule has 3 unspecified atom stereocenters. The molecule has 9 nitrogen and oxygen atoms in total. The van der Waals surface area contributed by atoms with Crippen LogP contribution >= 0.6 is 22.6 Å². The maximum absolute atomic E-state index is 14.6. The highest BCUT2D eigenvalue weighted by atomic mass is 127. The quantitative estimate of drug-likeness (QED) is 0.252. The fourth-order valence-electron chi connectivity index (χ4n) is 4.57. The van der Waals surface area contributed by atoms with Crippen molar-refractivity contribution < 1.29 is 38.5 Å². The second kappa shape index (κ2) is 12.9. The van der Waals surface area contributed by atoms with Gasteiger partial charge in [0, 0.05) is 42.1 Å². The minimum absolute atomic E-state index is 0.00348. The number of hydrogen-bond donors (Lipinski definition) is 3. The Balaban J connectivity index is 1.72. The largest absolute Gasteiger partial charge is 0.493 e. The summed E-state index contributed by atoms with van der Waals surface area (Å²) < 4.78 is 26.8. The van der Waals surface area contributed by atoms with Crippen molar-refractivity contribution in [2.75, 3.05) is 20.3 Å². The predicted octanol–water partition coefficient (Wildman–Crippen LogP) is 2.61. The van der Waals surface area contributed by atoms with Crippen LogP contribution in [0.15, 0.2) is 48.0 Å². The van der Waals surface area contributed by atoms with Crippen LogP contribution < -0.4 is 14.8 Å². The third-order valence-electron chi connectivity index (χ3n) is 6.76. The van der Waals surface area contributed by atoms with Gasteiger partial charge in [-0.15, -0.1) is 0 Å². The number of aldehydes is 1. The summed E-state index contributed by atoms with van der Waals surface area (Å²) in [6.07, 6.45) is 1.20. The van der Waals surface area contributed by atoms with E-state index in [4.69, 9.17) is 9.47 Å². The number of aliphatic hydroxyl groups excluding tert-OH is 2. The van der Waals surface area contributed by atoms with Crippen LogP contribution in [0.3, 0.4) is 0 Å². The number of ether oxygens (including phenoxy) is 2. The Kier molecular flexibility index (Phi) is 9.57. The van der Waals surface area contributed by atoms with Crippen LogP contribution in [0.25, 0.3) is 0 Å². The Bertz CT molecular complexity index is 1270. The van der Waals surface area contributed by atoms with Crippen LogP contribution in [0.5, 0.6) is 11.5 Å². The van der Waals surface area contributed by atoms with Crippen molar-refractivity contribution >= 4 is 40.7 Å². The van der Waals surface area contributed by atoms with E-state index in [2.05, 4.69) is 5.32 Å². The van der Waals surface area contributed by atoms with Gasteiger partial charge in [-0.1, -0.05) is 18.2 Å². The van der Waals surface area contributed by atoms with E-state index in [0.717, 1.165) is 0 Å². The highest BCUT2D eigenvalue weighted by molar-refractivity contribution is 14.1. The molecule has 4 rings (SSSR count). The monoisotopic (exact) mass is 652 g/mol. The normalized spacial score (nSPS) is 20.5. The summed E-state index contributed by atoms with van der Waals surface area (Å²) in [5, 5.41) is 23.3. The predicted molar refractivity (Wildman–Crippen MR) is 148 cm³/mol. The van der Waals surface area contributed by atoms with Gasteiger partial charge in [0.25, 0.3) is 0 Å². The van der Waals surface area contributed by atoms with Crippen molar-refractivity contribution in [3.05, 3.63) is 68.6 Å². The van der Waals surface area contributed by atoms with Gasteiger partial charge < -0.3 is 29.9 Å². The smallest absolute Gasteiger partial charge is 0.247 e. The number of benzene rings is 2. The maximum Gasteiger partial charge on any atom is 0.247 e. The average Bonchev–Trinajstić information content (AvgIpc) is 3.78. The van der Waals surface area contributed by atoms with Gasteiger partial charge in [0.1, 0.15) is 24.3 Å². The average molecular weight is 652 g/mol. The lowest BCUT2D eigenvalue weighted by Crippen LogP contribution is -2.55. The van der Waals surface area contributed by atoms with Crippen LogP contribution in [0.4, 0.5) is 4.39 Å².